The predicted molar refractivity (Wildman–Crippen MR) is 65.6 cm³/mol. The molecule has 0 spiro atoms. The van der Waals surface area contributed by atoms with Crippen LogP contribution in [0, 0.1) is 0 Å². The van der Waals surface area contributed by atoms with Gasteiger partial charge in [0.05, 0.1) is 19.3 Å². The molecule has 0 saturated carbocycles. The van der Waals surface area contributed by atoms with Gasteiger partial charge in [-0.3, -0.25) is 9.69 Å². The topological polar surface area (TPSA) is 58.8 Å². The highest BCUT2D eigenvalue weighted by molar-refractivity contribution is 5.81. The number of morpholine rings is 1. The fourth-order valence-corrected chi connectivity index (χ4v) is 2.68. The fraction of sp³-hybridized carbons (Fsp3) is 0.917. The van der Waals surface area contributed by atoms with E-state index in [9.17, 15) is 4.79 Å². The van der Waals surface area contributed by atoms with Crippen molar-refractivity contribution in [3.63, 3.8) is 0 Å². The summed E-state index contributed by atoms with van der Waals surface area (Å²) in [5, 5.41) is 0. The van der Waals surface area contributed by atoms with Crippen molar-refractivity contribution < 1.29 is 9.53 Å². The van der Waals surface area contributed by atoms with Crippen LogP contribution in [0.1, 0.15) is 19.8 Å². The van der Waals surface area contributed by atoms with Gasteiger partial charge in [0.15, 0.2) is 0 Å². The first-order valence-corrected chi connectivity index (χ1v) is 6.54. The van der Waals surface area contributed by atoms with Crippen LogP contribution >= 0.6 is 0 Å². The molecule has 0 aromatic rings. The minimum Gasteiger partial charge on any atom is -0.379 e. The van der Waals surface area contributed by atoms with Crippen LogP contribution in [0.25, 0.3) is 0 Å². The molecule has 2 aliphatic rings. The molecule has 0 aromatic carbocycles. The zero-order chi connectivity index (χ0) is 12.3. The van der Waals surface area contributed by atoms with Crippen LogP contribution in [-0.2, 0) is 9.53 Å². The lowest BCUT2D eigenvalue weighted by Crippen LogP contribution is -2.52. The molecule has 2 rings (SSSR count). The van der Waals surface area contributed by atoms with Crippen LogP contribution in [0.4, 0.5) is 0 Å². The van der Waals surface area contributed by atoms with Gasteiger partial charge in [0.25, 0.3) is 0 Å². The molecule has 2 fully saturated rings. The second kappa shape index (κ2) is 5.80. The Morgan fingerprint density at radius 3 is 2.35 bits per heavy atom. The molecule has 0 unspecified atom stereocenters. The second-order valence-corrected chi connectivity index (χ2v) is 4.99. The van der Waals surface area contributed by atoms with Crippen LogP contribution in [0.5, 0.6) is 0 Å². The minimum atomic E-state index is -0.366. The highest BCUT2D eigenvalue weighted by atomic mass is 16.5. The summed E-state index contributed by atoms with van der Waals surface area (Å²) in [5.74, 6) is 0.0884. The standard InChI is InChI=1S/C12H23N3O2/c1-10(13)12(16)15-4-2-11(3-5-15)14-6-8-17-9-7-14/h10-11H,2-9,13H2,1H3/t10-/m0/s1. The van der Waals surface area contributed by atoms with Gasteiger partial charge in [0.1, 0.15) is 0 Å². The van der Waals surface area contributed by atoms with Crippen molar-refractivity contribution in [1.82, 2.24) is 9.80 Å². The van der Waals surface area contributed by atoms with E-state index in [1.807, 2.05) is 4.90 Å². The smallest absolute Gasteiger partial charge is 0.239 e. The summed E-state index contributed by atoms with van der Waals surface area (Å²) in [4.78, 5) is 16.1. The molecular weight excluding hydrogens is 218 g/mol. The van der Waals surface area contributed by atoms with E-state index in [0.717, 1.165) is 52.2 Å². The number of piperidine rings is 1. The molecule has 0 bridgehead atoms. The SMILES string of the molecule is C[C@H](N)C(=O)N1CCC(N2CCOCC2)CC1. The third-order valence-electron chi connectivity index (χ3n) is 3.73. The molecule has 5 heteroatoms. The third-order valence-corrected chi connectivity index (χ3v) is 3.73. The number of hydrogen-bond acceptors (Lipinski definition) is 4. The number of carbonyl (C=O) groups is 1. The van der Waals surface area contributed by atoms with E-state index in [2.05, 4.69) is 4.90 Å². The van der Waals surface area contributed by atoms with Crippen LogP contribution in [0.15, 0.2) is 0 Å². The lowest BCUT2D eigenvalue weighted by atomic mass is 10.0. The van der Waals surface area contributed by atoms with Crippen molar-refractivity contribution >= 4 is 5.91 Å². The Morgan fingerprint density at radius 2 is 1.82 bits per heavy atom. The summed E-state index contributed by atoms with van der Waals surface area (Å²) in [7, 11) is 0. The monoisotopic (exact) mass is 241 g/mol. The second-order valence-electron chi connectivity index (χ2n) is 4.99. The minimum absolute atomic E-state index is 0.0884. The Kier molecular flexibility index (Phi) is 4.36. The van der Waals surface area contributed by atoms with Crippen molar-refractivity contribution in [3.05, 3.63) is 0 Å². The highest BCUT2D eigenvalue weighted by Crippen LogP contribution is 2.18. The number of carbonyl (C=O) groups excluding carboxylic acids is 1. The van der Waals surface area contributed by atoms with E-state index < -0.39 is 0 Å². The normalized spacial score (nSPS) is 25.9. The summed E-state index contributed by atoms with van der Waals surface area (Å²) in [6, 6.07) is 0.256. The van der Waals surface area contributed by atoms with E-state index in [-0.39, 0.29) is 11.9 Å². The molecule has 17 heavy (non-hydrogen) atoms. The summed E-state index contributed by atoms with van der Waals surface area (Å²) < 4.78 is 5.36. The van der Waals surface area contributed by atoms with Crippen molar-refractivity contribution in [2.75, 3.05) is 39.4 Å². The average molecular weight is 241 g/mol. The van der Waals surface area contributed by atoms with Gasteiger partial charge in [-0.2, -0.15) is 0 Å². The Morgan fingerprint density at radius 1 is 1.24 bits per heavy atom. The number of nitrogens with two attached hydrogens (primary N) is 1. The zero-order valence-electron chi connectivity index (χ0n) is 10.6. The molecule has 0 aromatic heterocycles. The first-order chi connectivity index (χ1) is 8.18. The average Bonchev–Trinajstić information content (AvgIpc) is 2.39. The third kappa shape index (κ3) is 3.18. The first-order valence-electron chi connectivity index (χ1n) is 6.54. The molecule has 0 radical (unpaired) electrons. The Hall–Kier alpha value is -0.650. The lowest BCUT2D eigenvalue weighted by molar-refractivity contribution is -0.134. The van der Waals surface area contributed by atoms with Crippen LogP contribution < -0.4 is 5.73 Å². The Balaban J connectivity index is 1.79. The van der Waals surface area contributed by atoms with E-state index in [0.29, 0.717) is 6.04 Å². The maximum Gasteiger partial charge on any atom is 0.239 e. The Bertz CT molecular complexity index is 256. The van der Waals surface area contributed by atoms with Crippen molar-refractivity contribution in [1.29, 1.82) is 0 Å². The van der Waals surface area contributed by atoms with Crippen LogP contribution in [0.3, 0.4) is 0 Å². The van der Waals surface area contributed by atoms with E-state index in [4.69, 9.17) is 10.5 Å². The van der Waals surface area contributed by atoms with Crippen LogP contribution in [0.2, 0.25) is 0 Å². The molecule has 2 saturated heterocycles. The van der Waals surface area contributed by atoms with Gasteiger partial charge in [-0.25, -0.2) is 0 Å². The largest absolute Gasteiger partial charge is 0.379 e. The van der Waals surface area contributed by atoms with Crippen LogP contribution in [-0.4, -0.2) is 67.2 Å². The van der Waals surface area contributed by atoms with Crippen molar-refractivity contribution in [2.45, 2.75) is 31.8 Å². The molecule has 2 N–H and O–H groups in total. The first kappa shape index (κ1) is 12.8. The van der Waals surface area contributed by atoms with E-state index in [1.165, 1.54) is 0 Å². The molecule has 2 aliphatic heterocycles. The molecule has 5 nitrogen and oxygen atoms in total. The van der Waals surface area contributed by atoms with E-state index >= 15 is 0 Å². The van der Waals surface area contributed by atoms with Gasteiger partial charge >= 0.3 is 0 Å². The maximum absolute atomic E-state index is 11.7. The summed E-state index contributed by atoms with van der Waals surface area (Å²) in [5.41, 5.74) is 5.63. The van der Waals surface area contributed by atoms with E-state index in [1.54, 1.807) is 6.92 Å². The predicted octanol–water partition coefficient (Wildman–Crippen LogP) is -0.343. The number of ether oxygens (including phenoxy) is 1. The number of amides is 1. The van der Waals surface area contributed by atoms with Crippen molar-refractivity contribution in [2.24, 2.45) is 5.73 Å². The number of rotatable bonds is 2. The zero-order valence-corrected chi connectivity index (χ0v) is 10.6. The maximum atomic E-state index is 11.7. The van der Waals surface area contributed by atoms with Gasteiger partial charge in [0, 0.05) is 32.2 Å². The number of hydrogen-bond donors (Lipinski definition) is 1. The number of nitrogens with zero attached hydrogens (tertiary/aromatic N) is 2. The molecular formula is C12H23N3O2. The highest BCUT2D eigenvalue weighted by Gasteiger charge is 2.28. The molecule has 1 atom stereocenters. The van der Waals surface area contributed by atoms with Gasteiger partial charge in [0.2, 0.25) is 5.91 Å². The van der Waals surface area contributed by atoms with Gasteiger partial charge in [-0.15, -0.1) is 0 Å². The quantitative estimate of drug-likeness (QED) is 0.718. The fourth-order valence-electron chi connectivity index (χ4n) is 2.68. The van der Waals surface area contributed by atoms with Gasteiger partial charge in [-0.1, -0.05) is 0 Å². The molecule has 98 valence electrons. The Labute approximate surface area is 103 Å². The van der Waals surface area contributed by atoms with Gasteiger partial charge in [-0.05, 0) is 19.8 Å². The molecule has 0 aliphatic carbocycles. The molecule has 2 heterocycles. The lowest BCUT2D eigenvalue weighted by Gasteiger charge is -2.40. The summed E-state index contributed by atoms with van der Waals surface area (Å²) in [6.45, 7) is 7.22. The number of likely N-dealkylation sites (tertiary alicyclic amines) is 1. The molecule has 1 amide bonds. The van der Waals surface area contributed by atoms with Gasteiger partial charge < -0.3 is 15.4 Å². The summed E-state index contributed by atoms with van der Waals surface area (Å²) >= 11 is 0. The summed E-state index contributed by atoms with van der Waals surface area (Å²) in [6.07, 6.45) is 2.14. The van der Waals surface area contributed by atoms with Crippen molar-refractivity contribution in [3.8, 4) is 0 Å².